The minimum Gasteiger partial charge on any atom is -0.472 e. The Morgan fingerprint density at radius 3 is 2.35 bits per heavy atom. The van der Waals surface area contributed by atoms with Gasteiger partial charge in [-0.15, -0.1) is 12.4 Å². The lowest BCUT2D eigenvalue weighted by Crippen LogP contribution is -2.04. The van der Waals surface area contributed by atoms with Crippen LogP contribution in [0, 0.1) is 11.8 Å². The maximum absolute atomic E-state index is 12.2. The Morgan fingerprint density at radius 1 is 1.35 bits per heavy atom. The predicted molar refractivity (Wildman–Crippen MR) is 58.2 cm³/mol. The van der Waals surface area contributed by atoms with Crippen molar-refractivity contribution in [2.75, 3.05) is 0 Å². The van der Waals surface area contributed by atoms with Crippen molar-refractivity contribution in [3.63, 3.8) is 0 Å². The molecule has 1 aromatic carbocycles. The van der Waals surface area contributed by atoms with Crippen LogP contribution in [0.4, 0.5) is 13.2 Å². The van der Waals surface area contributed by atoms with Crippen molar-refractivity contribution in [3.05, 3.63) is 34.3 Å². The largest absolute Gasteiger partial charge is 0.472 e. The molecule has 0 unspecified atom stereocenters. The van der Waals surface area contributed by atoms with Gasteiger partial charge in [-0.2, -0.15) is 13.2 Å². The Labute approximate surface area is 106 Å². The van der Waals surface area contributed by atoms with Gasteiger partial charge in [0, 0.05) is 11.5 Å². The van der Waals surface area contributed by atoms with Gasteiger partial charge >= 0.3 is 12.1 Å². The molecule has 1 aromatic rings. The number of halogens is 5. The molecule has 0 radical (unpaired) electrons. The van der Waals surface area contributed by atoms with Crippen molar-refractivity contribution in [1.29, 1.82) is 0 Å². The van der Waals surface area contributed by atoms with Gasteiger partial charge in [-0.3, -0.25) is 0 Å². The molecular weight excluding hydrogens is 280 g/mol. The third-order valence-electron chi connectivity index (χ3n) is 1.60. The van der Waals surface area contributed by atoms with E-state index in [4.69, 9.17) is 16.7 Å². The summed E-state index contributed by atoms with van der Waals surface area (Å²) in [7, 11) is 0. The van der Waals surface area contributed by atoms with Crippen LogP contribution in [0.1, 0.15) is 11.1 Å². The van der Waals surface area contributed by atoms with Crippen molar-refractivity contribution in [1.82, 2.24) is 0 Å². The first-order chi connectivity index (χ1) is 7.30. The molecule has 1 rings (SSSR count). The highest BCUT2D eigenvalue weighted by atomic mass is 35.5. The maximum atomic E-state index is 12.2. The molecule has 7 heteroatoms. The van der Waals surface area contributed by atoms with Crippen LogP contribution in [0.5, 0.6) is 0 Å². The van der Waals surface area contributed by atoms with Gasteiger partial charge in [-0.1, -0.05) is 17.5 Å². The predicted octanol–water partition coefficient (Wildman–Crippen LogP) is 3.22. The first kappa shape index (κ1) is 15.6. The van der Waals surface area contributed by atoms with E-state index in [1.54, 1.807) is 5.92 Å². The van der Waals surface area contributed by atoms with E-state index in [-0.39, 0.29) is 23.0 Å². The fourth-order valence-corrected chi connectivity index (χ4v) is 1.14. The lowest BCUT2D eigenvalue weighted by Gasteiger charge is -2.06. The lowest BCUT2D eigenvalue weighted by molar-refractivity contribution is -0.137. The van der Waals surface area contributed by atoms with Gasteiger partial charge in [0.05, 0.1) is 10.6 Å². The van der Waals surface area contributed by atoms with Gasteiger partial charge in [0.25, 0.3) is 0 Å². The number of carbonyl (C=O) groups is 1. The zero-order chi connectivity index (χ0) is 12.3. The normalized spacial score (nSPS) is 9.88. The molecule has 0 atom stereocenters. The van der Waals surface area contributed by atoms with Crippen LogP contribution >= 0.6 is 24.0 Å². The molecular formula is C10H5Cl2F3O2. The zero-order valence-corrected chi connectivity index (χ0v) is 9.58. The molecule has 0 amide bonds. The quantitative estimate of drug-likeness (QED) is 0.743. The Bertz CT molecular complexity index is 487. The molecule has 92 valence electrons. The Balaban J connectivity index is 0.00000256. The molecule has 0 aliphatic carbocycles. The Kier molecular flexibility index (Phi) is 5.33. The van der Waals surface area contributed by atoms with Crippen LogP contribution < -0.4 is 0 Å². The molecule has 0 fully saturated rings. The first-order valence-electron chi connectivity index (χ1n) is 3.92. The molecule has 0 heterocycles. The number of aliphatic carboxylic acids is 1. The van der Waals surface area contributed by atoms with Gasteiger partial charge in [-0.25, -0.2) is 4.79 Å². The van der Waals surface area contributed by atoms with Crippen molar-refractivity contribution in [3.8, 4) is 11.8 Å². The highest BCUT2D eigenvalue weighted by Crippen LogP contribution is 2.31. The minimum atomic E-state index is -4.48. The SMILES string of the molecule is Cl.O=C(O)C#Cc1ccc(C(F)(F)F)cc1Cl. The lowest BCUT2D eigenvalue weighted by atomic mass is 10.1. The van der Waals surface area contributed by atoms with E-state index in [1.807, 2.05) is 0 Å². The van der Waals surface area contributed by atoms with Gasteiger partial charge < -0.3 is 5.11 Å². The number of carboxylic acids is 1. The smallest absolute Gasteiger partial charge is 0.416 e. The average Bonchev–Trinajstić information content (AvgIpc) is 2.14. The highest BCUT2D eigenvalue weighted by molar-refractivity contribution is 6.31. The standard InChI is InChI=1S/C10H4ClF3O2.ClH/c11-8-5-7(10(12,13)14)3-1-6(8)2-4-9(15)16;/h1,3,5H,(H,15,16);1H. The number of hydrogen-bond acceptors (Lipinski definition) is 1. The summed E-state index contributed by atoms with van der Waals surface area (Å²) in [4.78, 5) is 10.1. The summed E-state index contributed by atoms with van der Waals surface area (Å²) >= 11 is 5.52. The molecule has 17 heavy (non-hydrogen) atoms. The van der Waals surface area contributed by atoms with E-state index < -0.39 is 17.7 Å². The van der Waals surface area contributed by atoms with Crippen LogP contribution in [0.2, 0.25) is 5.02 Å². The monoisotopic (exact) mass is 284 g/mol. The van der Waals surface area contributed by atoms with Crippen molar-refractivity contribution in [2.45, 2.75) is 6.18 Å². The molecule has 0 aromatic heterocycles. The van der Waals surface area contributed by atoms with E-state index in [0.29, 0.717) is 6.07 Å². The van der Waals surface area contributed by atoms with Crippen LogP contribution in [0.25, 0.3) is 0 Å². The average molecular weight is 285 g/mol. The topological polar surface area (TPSA) is 37.3 Å². The van der Waals surface area contributed by atoms with E-state index in [2.05, 4.69) is 5.92 Å². The fourth-order valence-electron chi connectivity index (χ4n) is 0.914. The number of benzene rings is 1. The molecule has 0 saturated heterocycles. The summed E-state index contributed by atoms with van der Waals surface area (Å²) in [5.74, 6) is 2.53. The van der Waals surface area contributed by atoms with Crippen molar-refractivity contribution >= 4 is 30.0 Å². The van der Waals surface area contributed by atoms with Gasteiger partial charge in [-0.05, 0) is 18.2 Å². The summed E-state index contributed by atoms with van der Waals surface area (Å²) in [6.07, 6.45) is -4.48. The van der Waals surface area contributed by atoms with E-state index >= 15 is 0 Å². The van der Waals surface area contributed by atoms with Crippen LogP contribution in [-0.2, 0) is 11.0 Å². The van der Waals surface area contributed by atoms with Crippen LogP contribution in [-0.4, -0.2) is 11.1 Å². The second-order valence-electron chi connectivity index (χ2n) is 2.75. The Morgan fingerprint density at radius 2 is 1.94 bits per heavy atom. The van der Waals surface area contributed by atoms with Crippen molar-refractivity contribution in [2.24, 2.45) is 0 Å². The molecule has 0 aliphatic rings. The molecule has 0 saturated carbocycles. The van der Waals surface area contributed by atoms with Crippen LogP contribution in [0.15, 0.2) is 18.2 Å². The maximum Gasteiger partial charge on any atom is 0.416 e. The fraction of sp³-hybridized carbons (Fsp3) is 0.100. The second-order valence-corrected chi connectivity index (χ2v) is 3.15. The van der Waals surface area contributed by atoms with Gasteiger partial charge in [0.1, 0.15) is 0 Å². The minimum absolute atomic E-state index is 0. The summed E-state index contributed by atoms with van der Waals surface area (Å²) in [5, 5.41) is 8.02. The number of alkyl halides is 3. The number of rotatable bonds is 0. The third kappa shape index (κ3) is 4.55. The number of hydrogen-bond donors (Lipinski definition) is 1. The summed E-state index contributed by atoms with van der Waals surface area (Å²) in [6, 6.07) is 2.52. The summed E-state index contributed by atoms with van der Waals surface area (Å²) in [6.45, 7) is 0. The van der Waals surface area contributed by atoms with E-state index in [0.717, 1.165) is 12.1 Å². The van der Waals surface area contributed by atoms with Gasteiger partial charge in [0.2, 0.25) is 0 Å². The molecule has 0 bridgehead atoms. The van der Waals surface area contributed by atoms with Crippen molar-refractivity contribution < 1.29 is 23.1 Å². The molecule has 0 spiro atoms. The molecule has 0 aliphatic heterocycles. The van der Waals surface area contributed by atoms with Crippen LogP contribution in [0.3, 0.4) is 0 Å². The zero-order valence-electron chi connectivity index (χ0n) is 8.01. The van der Waals surface area contributed by atoms with E-state index in [1.165, 1.54) is 0 Å². The molecule has 1 N–H and O–H groups in total. The Hall–Kier alpha value is -1.38. The number of carboxylic acid groups (broad SMARTS) is 1. The summed E-state index contributed by atoms with van der Waals surface area (Å²) in [5.41, 5.74) is -0.865. The summed E-state index contributed by atoms with van der Waals surface area (Å²) < 4.78 is 36.7. The second kappa shape index (κ2) is 5.80. The van der Waals surface area contributed by atoms with Gasteiger partial charge in [0.15, 0.2) is 0 Å². The van der Waals surface area contributed by atoms with E-state index in [9.17, 15) is 18.0 Å². The third-order valence-corrected chi connectivity index (χ3v) is 1.91. The molecule has 2 nitrogen and oxygen atoms in total. The highest BCUT2D eigenvalue weighted by Gasteiger charge is 2.30. The first-order valence-corrected chi connectivity index (χ1v) is 4.30.